The first-order valence-corrected chi connectivity index (χ1v) is 7.71. The topological polar surface area (TPSA) is 49.5 Å². The van der Waals surface area contributed by atoms with Gasteiger partial charge in [-0.15, -0.1) is 0 Å². The average molecular weight is 276 g/mol. The molecule has 0 amide bonds. The van der Waals surface area contributed by atoms with Crippen LogP contribution in [0, 0.1) is 6.92 Å². The summed E-state index contributed by atoms with van der Waals surface area (Å²) in [5.41, 5.74) is 8.45. The first-order valence-electron chi connectivity index (χ1n) is 7.71. The number of aliphatic hydroxyl groups is 1. The Hall–Kier alpha value is -0.900. The van der Waals surface area contributed by atoms with Gasteiger partial charge in [0.2, 0.25) is 0 Å². The van der Waals surface area contributed by atoms with Gasteiger partial charge in [0.15, 0.2) is 0 Å². The quantitative estimate of drug-likeness (QED) is 0.889. The lowest BCUT2D eigenvalue weighted by molar-refractivity contribution is -0.0202. The number of piperidine rings is 1. The number of aryl methyl sites for hydroxylation is 1. The highest BCUT2D eigenvalue weighted by Gasteiger charge is 2.33. The Balaban J connectivity index is 2.18. The third-order valence-corrected chi connectivity index (χ3v) is 4.56. The highest BCUT2D eigenvalue weighted by Crippen LogP contribution is 2.31. The summed E-state index contributed by atoms with van der Waals surface area (Å²) in [6, 6.07) is 9.11. The summed E-state index contributed by atoms with van der Waals surface area (Å²) in [6.45, 7) is 8.02. The summed E-state index contributed by atoms with van der Waals surface area (Å²) in [5.74, 6) is 0. The fraction of sp³-hybridized carbons (Fsp3) is 0.647. The van der Waals surface area contributed by atoms with E-state index in [4.69, 9.17) is 5.73 Å². The van der Waals surface area contributed by atoms with Gasteiger partial charge in [0.25, 0.3) is 0 Å². The van der Waals surface area contributed by atoms with Crippen LogP contribution in [0.3, 0.4) is 0 Å². The summed E-state index contributed by atoms with van der Waals surface area (Å²) in [4.78, 5) is 2.44. The zero-order chi connectivity index (χ0) is 14.8. The highest BCUT2D eigenvalue weighted by atomic mass is 16.3. The first-order chi connectivity index (χ1) is 9.43. The summed E-state index contributed by atoms with van der Waals surface area (Å²) in [6.07, 6.45) is 2.61. The number of hydrogen-bond acceptors (Lipinski definition) is 3. The Morgan fingerprint density at radius 1 is 1.25 bits per heavy atom. The lowest BCUT2D eigenvalue weighted by Gasteiger charge is -2.42. The molecule has 1 aliphatic heterocycles. The van der Waals surface area contributed by atoms with E-state index in [2.05, 4.69) is 43.0 Å². The third kappa shape index (κ3) is 3.60. The Labute approximate surface area is 122 Å². The van der Waals surface area contributed by atoms with Crippen molar-refractivity contribution in [3.8, 4) is 0 Å². The van der Waals surface area contributed by atoms with E-state index < -0.39 is 5.60 Å². The number of likely N-dealkylation sites (tertiary alicyclic amines) is 1. The van der Waals surface area contributed by atoms with Crippen LogP contribution >= 0.6 is 0 Å². The second-order valence-electron chi connectivity index (χ2n) is 6.46. The molecule has 0 radical (unpaired) electrons. The Bertz CT molecular complexity index is 417. The van der Waals surface area contributed by atoms with Crippen molar-refractivity contribution < 1.29 is 5.11 Å². The maximum absolute atomic E-state index is 10.1. The predicted molar refractivity (Wildman–Crippen MR) is 83.6 cm³/mol. The maximum Gasteiger partial charge on any atom is 0.0644 e. The lowest BCUT2D eigenvalue weighted by Crippen LogP contribution is -2.48. The Kier molecular flexibility index (Phi) is 4.84. The second-order valence-corrected chi connectivity index (χ2v) is 6.46. The van der Waals surface area contributed by atoms with Crippen LogP contribution in [0.4, 0.5) is 0 Å². The van der Waals surface area contributed by atoms with E-state index >= 15 is 0 Å². The van der Waals surface area contributed by atoms with Gasteiger partial charge in [-0.25, -0.2) is 0 Å². The van der Waals surface area contributed by atoms with Crippen molar-refractivity contribution in [1.29, 1.82) is 0 Å². The van der Waals surface area contributed by atoms with Gasteiger partial charge in [-0.3, -0.25) is 4.90 Å². The molecule has 0 aromatic heterocycles. The van der Waals surface area contributed by atoms with Crippen LogP contribution in [-0.2, 0) is 0 Å². The van der Waals surface area contributed by atoms with Gasteiger partial charge in [0.05, 0.1) is 5.60 Å². The van der Waals surface area contributed by atoms with E-state index in [-0.39, 0.29) is 12.1 Å². The Morgan fingerprint density at radius 2 is 1.80 bits per heavy atom. The molecule has 1 heterocycles. The summed E-state index contributed by atoms with van der Waals surface area (Å²) < 4.78 is 0. The summed E-state index contributed by atoms with van der Waals surface area (Å²) in [7, 11) is 0. The molecule has 2 unspecified atom stereocenters. The standard InChI is InChI=1S/C17H28N2O/c1-4-15(18)16(14-7-5-13(2)6-8-14)19-11-9-17(3,20)10-12-19/h5-8,15-16,20H,4,9-12,18H2,1-3H3. The van der Waals surface area contributed by atoms with Gasteiger partial charge in [-0.1, -0.05) is 36.8 Å². The number of hydrogen-bond donors (Lipinski definition) is 2. The fourth-order valence-electron chi connectivity index (χ4n) is 3.00. The van der Waals surface area contributed by atoms with Crippen LogP contribution in [0.25, 0.3) is 0 Å². The van der Waals surface area contributed by atoms with Crippen LogP contribution < -0.4 is 5.73 Å². The Morgan fingerprint density at radius 3 is 2.30 bits per heavy atom. The van der Waals surface area contributed by atoms with E-state index in [1.165, 1.54) is 11.1 Å². The number of nitrogens with zero attached hydrogens (tertiary/aromatic N) is 1. The molecule has 3 heteroatoms. The van der Waals surface area contributed by atoms with Crippen molar-refractivity contribution >= 4 is 0 Å². The van der Waals surface area contributed by atoms with E-state index in [0.717, 1.165) is 32.4 Å². The third-order valence-electron chi connectivity index (χ3n) is 4.56. The maximum atomic E-state index is 10.1. The van der Waals surface area contributed by atoms with Crippen molar-refractivity contribution in [1.82, 2.24) is 4.90 Å². The van der Waals surface area contributed by atoms with Crippen LogP contribution in [0.1, 0.15) is 50.3 Å². The fourth-order valence-corrected chi connectivity index (χ4v) is 3.00. The van der Waals surface area contributed by atoms with Crippen LogP contribution in [0.2, 0.25) is 0 Å². The molecule has 1 aliphatic rings. The van der Waals surface area contributed by atoms with Crippen molar-refractivity contribution in [2.24, 2.45) is 5.73 Å². The monoisotopic (exact) mass is 276 g/mol. The van der Waals surface area contributed by atoms with Crippen molar-refractivity contribution in [2.45, 2.75) is 57.7 Å². The van der Waals surface area contributed by atoms with Crippen LogP contribution in [0.5, 0.6) is 0 Å². The largest absolute Gasteiger partial charge is 0.390 e. The van der Waals surface area contributed by atoms with Crippen molar-refractivity contribution in [2.75, 3.05) is 13.1 Å². The smallest absolute Gasteiger partial charge is 0.0644 e. The molecule has 112 valence electrons. The van der Waals surface area contributed by atoms with Crippen molar-refractivity contribution in [3.05, 3.63) is 35.4 Å². The molecular weight excluding hydrogens is 248 g/mol. The second kappa shape index (κ2) is 6.25. The zero-order valence-corrected chi connectivity index (χ0v) is 13.0. The number of nitrogens with two attached hydrogens (primary N) is 1. The molecule has 3 nitrogen and oxygen atoms in total. The molecule has 20 heavy (non-hydrogen) atoms. The molecule has 0 saturated carbocycles. The molecule has 2 rings (SSSR count). The molecule has 3 N–H and O–H groups in total. The van der Waals surface area contributed by atoms with E-state index in [1.807, 2.05) is 6.92 Å². The van der Waals surface area contributed by atoms with Gasteiger partial charge < -0.3 is 10.8 Å². The van der Waals surface area contributed by atoms with E-state index in [9.17, 15) is 5.11 Å². The molecule has 0 aliphatic carbocycles. The molecule has 1 aromatic rings. The molecule has 1 fully saturated rings. The molecule has 0 bridgehead atoms. The first kappa shape index (κ1) is 15.5. The minimum atomic E-state index is -0.509. The summed E-state index contributed by atoms with van der Waals surface area (Å²) in [5, 5.41) is 10.1. The van der Waals surface area contributed by atoms with E-state index in [0.29, 0.717) is 0 Å². The zero-order valence-electron chi connectivity index (χ0n) is 13.0. The molecule has 1 aromatic carbocycles. The molecular formula is C17H28N2O. The highest BCUT2D eigenvalue weighted by molar-refractivity contribution is 5.25. The SMILES string of the molecule is CCC(N)C(c1ccc(C)cc1)N1CCC(C)(O)CC1. The van der Waals surface area contributed by atoms with Crippen LogP contribution in [-0.4, -0.2) is 34.7 Å². The van der Waals surface area contributed by atoms with Gasteiger partial charge in [-0.2, -0.15) is 0 Å². The molecule has 2 atom stereocenters. The van der Waals surface area contributed by atoms with Crippen molar-refractivity contribution in [3.63, 3.8) is 0 Å². The minimum absolute atomic E-state index is 0.140. The van der Waals surface area contributed by atoms with E-state index in [1.54, 1.807) is 0 Å². The predicted octanol–water partition coefficient (Wildman–Crippen LogP) is 2.62. The summed E-state index contributed by atoms with van der Waals surface area (Å²) >= 11 is 0. The average Bonchev–Trinajstić information content (AvgIpc) is 2.42. The number of benzene rings is 1. The van der Waals surface area contributed by atoms with Gasteiger partial charge in [-0.05, 0) is 38.7 Å². The van der Waals surface area contributed by atoms with Gasteiger partial charge >= 0.3 is 0 Å². The number of rotatable bonds is 4. The minimum Gasteiger partial charge on any atom is -0.390 e. The lowest BCUT2D eigenvalue weighted by atomic mass is 9.89. The van der Waals surface area contributed by atoms with Gasteiger partial charge in [0.1, 0.15) is 0 Å². The van der Waals surface area contributed by atoms with Gasteiger partial charge in [0, 0.05) is 25.2 Å². The molecule has 1 saturated heterocycles. The van der Waals surface area contributed by atoms with Crippen LogP contribution in [0.15, 0.2) is 24.3 Å². The molecule has 0 spiro atoms. The normalized spacial score (nSPS) is 22.4.